The zero-order valence-electron chi connectivity index (χ0n) is 14.2. The quantitative estimate of drug-likeness (QED) is 0.780. The standard InChI is InChI=1S/C18H19FN6O/c19-15-13-20-5-3-17(15)23-8-10-24(11-9-23)18(26)21-12-14-2-1-7-25-16(14)4-6-22-25/h1-7,13H,8-12H2,(H,21,26). The third kappa shape index (κ3) is 3.17. The molecule has 134 valence electrons. The lowest BCUT2D eigenvalue weighted by Gasteiger charge is -2.36. The lowest BCUT2D eigenvalue weighted by atomic mass is 10.2. The molecular formula is C18H19FN6O. The van der Waals surface area contributed by atoms with Gasteiger partial charge in [0, 0.05) is 51.3 Å². The Morgan fingerprint density at radius 2 is 2.00 bits per heavy atom. The smallest absolute Gasteiger partial charge is 0.317 e. The van der Waals surface area contributed by atoms with Crippen molar-refractivity contribution in [3.63, 3.8) is 0 Å². The minimum atomic E-state index is -0.334. The number of pyridine rings is 2. The molecule has 3 aromatic rings. The molecule has 2 amide bonds. The van der Waals surface area contributed by atoms with Crippen LogP contribution in [-0.4, -0.2) is 51.7 Å². The van der Waals surface area contributed by atoms with Crippen molar-refractivity contribution in [2.24, 2.45) is 0 Å². The van der Waals surface area contributed by atoms with E-state index < -0.39 is 0 Å². The van der Waals surface area contributed by atoms with E-state index in [2.05, 4.69) is 15.4 Å². The third-order valence-corrected chi connectivity index (χ3v) is 4.61. The lowest BCUT2D eigenvalue weighted by Crippen LogP contribution is -2.51. The lowest BCUT2D eigenvalue weighted by molar-refractivity contribution is 0.194. The number of hydrogen-bond acceptors (Lipinski definition) is 4. The highest BCUT2D eigenvalue weighted by Gasteiger charge is 2.22. The number of anilines is 1. The second kappa shape index (κ2) is 6.99. The number of rotatable bonds is 3. The molecule has 26 heavy (non-hydrogen) atoms. The van der Waals surface area contributed by atoms with Crippen molar-refractivity contribution in [2.45, 2.75) is 6.54 Å². The average molecular weight is 354 g/mol. The molecule has 0 aromatic carbocycles. The SMILES string of the molecule is O=C(NCc1cccn2nccc12)N1CCN(c2ccncc2F)CC1. The zero-order valence-corrected chi connectivity index (χ0v) is 14.2. The Labute approximate surface area is 150 Å². The van der Waals surface area contributed by atoms with Gasteiger partial charge in [-0.2, -0.15) is 5.10 Å². The highest BCUT2D eigenvalue weighted by atomic mass is 19.1. The fourth-order valence-corrected chi connectivity index (χ4v) is 3.22. The molecule has 1 N–H and O–H groups in total. The Morgan fingerprint density at radius 1 is 1.15 bits per heavy atom. The van der Waals surface area contributed by atoms with E-state index in [4.69, 9.17) is 0 Å². The first-order valence-electron chi connectivity index (χ1n) is 8.51. The number of fused-ring (bicyclic) bond motifs is 1. The minimum absolute atomic E-state index is 0.110. The Bertz CT molecular complexity index is 919. The van der Waals surface area contributed by atoms with Gasteiger partial charge in [-0.1, -0.05) is 6.07 Å². The van der Waals surface area contributed by atoms with Crippen LogP contribution < -0.4 is 10.2 Å². The number of urea groups is 1. The van der Waals surface area contributed by atoms with Gasteiger partial charge in [0.2, 0.25) is 0 Å². The summed E-state index contributed by atoms with van der Waals surface area (Å²) in [6.45, 7) is 2.71. The van der Waals surface area contributed by atoms with Crippen LogP contribution in [0.15, 0.2) is 49.1 Å². The summed E-state index contributed by atoms with van der Waals surface area (Å²) in [4.78, 5) is 19.9. The maximum atomic E-state index is 13.8. The summed E-state index contributed by atoms with van der Waals surface area (Å²) >= 11 is 0. The topological polar surface area (TPSA) is 65.8 Å². The second-order valence-corrected chi connectivity index (χ2v) is 6.15. The monoisotopic (exact) mass is 354 g/mol. The van der Waals surface area contributed by atoms with Crippen LogP contribution in [-0.2, 0) is 6.54 Å². The van der Waals surface area contributed by atoms with Gasteiger partial charge in [0.05, 0.1) is 17.4 Å². The van der Waals surface area contributed by atoms with E-state index in [9.17, 15) is 9.18 Å². The van der Waals surface area contributed by atoms with E-state index in [0.717, 1.165) is 11.1 Å². The number of amides is 2. The van der Waals surface area contributed by atoms with Gasteiger partial charge in [0.1, 0.15) is 0 Å². The van der Waals surface area contributed by atoms with Crippen LogP contribution >= 0.6 is 0 Å². The molecule has 1 saturated heterocycles. The summed E-state index contributed by atoms with van der Waals surface area (Å²) in [5, 5.41) is 7.15. The van der Waals surface area contributed by atoms with Gasteiger partial charge in [-0.3, -0.25) is 4.98 Å². The van der Waals surface area contributed by atoms with Crippen LogP contribution in [0.2, 0.25) is 0 Å². The Morgan fingerprint density at radius 3 is 2.81 bits per heavy atom. The molecule has 1 aliphatic heterocycles. The number of hydrogen-bond donors (Lipinski definition) is 1. The van der Waals surface area contributed by atoms with E-state index in [-0.39, 0.29) is 11.8 Å². The molecule has 0 radical (unpaired) electrons. The molecular weight excluding hydrogens is 335 g/mol. The van der Waals surface area contributed by atoms with Crippen LogP contribution in [0.25, 0.3) is 5.52 Å². The fourth-order valence-electron chi connectivity index (χ4n) is 3.22. The molecule has 4 rings (SSSR count). The van der Waals surface area contributed by atoms with Crippen molar-refractivity contribution in [1.29, 1.82) is 0 Å². The first-order chi connectivity index (χ1) is 12.7. The predicted molar refractivity (Wildman–Crippen MR) is 95.4 cm³/mol. The number of nitrogens with one attached hydrogen (secondary N) is 1. The van der Waals surface area contributed by atoms with Gasteiger partial charge in [-0.15, -0.1) is 0 Å². The molecule has 0 unspecified atom stereocenters. The first-order valence-corrected chi connectivity index (χ1v) is 8.51. The van der Waals surface area contributed by atoms with Crippen LogP contribution in [0.4, 0.5) is 14.9 Å². The molecule has 0 bridgehead atoms. The predicted octanol–water partition coefficient (Wildman–Crippen LogP) is 1.90. The summed E-state index contributed by atoms with van der Waals surface area (Å²) in [7, 11) is 0. The van der Waals surface area contributed by atoms with Crippen molar-refractivity contribution in [2.75, 3.05) is 31.1 Å². The summed E-state index contributed by atoms with van der Waals surface area (Å²) in [6.07, 6.45) is 6.40. The minimum Gasteiger partial charge on any atom is -0.366 e. The van der Waals surface area contributed by atoms with E-state index in [1.165, 1.54) is 6.20 Å². The van der Waals surface area contributed by atoms with Gasteiger partial charge >= 0.3 is 6.03 Å². The molecule has 1 fully saturated rings. The average Bonchev–Trinajstić information content (AvgIpc) is 3.16. The molecule has 0 aliphatic carbocycles. The van der Waals surface area contributed by atoms with Crippen LogP contribution in [0.1, 0.15) is 5.56 Å². The number of piperazine rings is 1. The Balaban J connectivity index is 1.34. The van der Waals surface area contributed by atoms with Gasteiger partial charge in [-0.05, 0) is 23.8 Å². The molecule has 4 heterocycles. The molecule has 7 nitrogen and oxygen atoms in total. The van der Waals surface area contributed by atoms with Crippen LogP contribution in [0, 0.1) is 5.82 Å². The largest absolute Gasteiger partial charge is 0.366 e. The van der Waals surface area contributed by atoms with Crippen molar-refractivity contribution >= 4 is 17.2 Å². The van der Waals surface area contributed by atoms with Gasteiger partial charge in [0.15, 0.2) is 5.82 Å². The zero-order chi connectivity index (χ0) is 17.9. The van der Waals surface area contributed by atoms with Gasteiger partial charge in [0.25, 0.3) is 0 Å². The molecule has 8 heteroatoms. The maximum absolute atomic E-state index is 13.8. The number of carbonyl (C=O) groups is 1. The highest BCUT2D eigenvalue weighted by molar-refractivity contribution is 5.75. The maximum Gasteiger partial charge on any atom is 0.317 e. The van der Waals surface area contributed by atoms with Crippen molar-refractivity contribution in [3.05, 3.63) is 60.4 Å². The number of aromatic nitrogens is 3. The van der Waals surface area contributed by atoms with E-state index in [0.29, 0.717) is 38.4 Å². The summed E-state index contributed by atoms with van der Waals surface area (Å²) < 4.78 is 15.6. The Hall–Kier alpha value is -3.16. The fraction of sp³-hybridized carbons (Fsp3) is 0.278. The van der Waals surface area contributed by atoms with E-state index in [1.54, 1.807) is 27.9 Å². The van der Waals surface area contributed by atoms with Crippen molar-refractivity contribution in [3.8, 4) is 0 Å². The van der Waals surface area contributed by atoms with Gasteiger partial charge in [-0.25, -0.2) is 13.7 Å². The second-order valence-electron chi connectivity index (χ2n) is 6.15. The highest BCUT2D eigenvalue weighted by Crippen LogP contribution is 2.19. The number of nitrogens with zero attached hydrogens (tertiary/aromatic N) is 5. The first kappa shape index (κ1) is 16.3. The van der Waals surface area contributed by atoms with Crippen molar-refractivity contribution in [1.82, 2.24) is 24.8 Å². The van der Waals surface area contributed by atoms with Crippen LogP contribution in [0.5, 0.6) is 0 Å². The summed E-state index contributed by atoms with van der Waals surface area (Å²) in [6, 6.07) is 7.35. The summed E-state index contributed by atoms with van der Waals surface area (Å²) in [5.74, 6) is -0.334. The molecule has 1 aliphatic rings. The summed E-state index contributed by atoms with van der Waals surface area (Å²) in [5.41, 5.74) is 2.52. The molecule has 3 aromatic heterocycles. The van der Waals surface area contributed by atoms with E-state index in [1.807, 2.05) is 29.3 Å². The number of carbonyl (C=O) groups excluding carboxylic acids is 1. The molecule has 0 saturated carbocycles. The third-order valence-electron chi connectivity index (χ3n) is 4.61. The number of halogens is 1. The van der Waals surface area contributed by atoms with E-state index >= 15 is 0 Å². The molecule has 0 spiro atoms. The van der Waals surface area contributed by atoms with Crippen molar-refractivity contribution < 1.29 is 9.18 Å². The normalized spacial score (nSPS) is 14.7. The Kier molecular flexibility index (Phi) is 4.39. The van der Waals surface area contributed by atoms with Gasteiger partial charge < -0.3 is 15.1 Å². The molecule has 0 atom stereocenters. The van der Waals surface area contributed by atoms with Crippen LogP contribution in [0.3, 0.4) is 0 Å².